The standard InChI is InChI=1S/C15H20FN3S/c1-4-17-9-13-12(8-10(2)3)19-15(20-13)14-11(16)6-5-7-18-14/h5-7,10,17H,4,8-9H2,1-3H3. The van der Waals surface area contributed by atoms with E-state index in [1.165, 1.54) is 22.3 Å². The minimum absolute atomic E-state index is 0.313. The molecule has 20 heavy (non-hydrogen) atoms. The SMILES string of the molecule is CCNCc1sc(-c2ncccc2F)nc1CC(C)C. The molecule has 0 aromatic carbocycles. The van der Waals surface area contributed by atoms with E-state index in [0.29, 0.717) is 16.6 Å². The minimum atomic E-state index is -0.313. The van der Waals surface area contributed by atoms with Crippen molar-refractivity contribution < 1.29 is 4.39 Å². The second kappa shape index (κ2) is 6.90. The molecule has 0 saturated heterocycles. The quantitative estimate of drug-likeness (QED) is 0.883. The van der Waals surface area contributed by atoms with E-state index in [2.05, 4.69) is 36.1 Å². The van der Waals surface area contributed by atoms with E-state index in [1.54, 1.807) is 12.3 Å². The van der Waals surface area contributed by atoms with Gasteiger partial charge in [0.25, 0.3) is 0 Å². The molecule has 108 valence electrons. The van der Waals surface area contributed by atoms with Gasteiger partial charge in [-0.15, -0.1) is 11.3 Å². The number of nitrogens with one attached hydrogen (secondary N) is 1. The van der Waals surface area contributed by atoms with Crippen LogP contribution in [0.3, 0.4) is 0 Å². The van der Waals surface area contributed by atoms with Crippen molar-refractivity contribution in [1.29, 1.82) is 0 Å². The highest BCUT2D eigenvalue weighted by molar-refractivity contribution is 7.15. The normalized spacial score (nSPS) is 11.2. The third-order valence-electron chi connectivity index (χ3n) is 2.88. The molecule has 5 heteroatoms. The third kappa shape index (κ3) is 3.61. The third-order valence-corrected chi connectivity index (χ3v) is 3.98. The molecule has 0 saturated carbocycles. The van der Waals surface area contributed by atoms with Crippen LogP contribution in [-0.4, -0.2) is 16.5 Å². The molecule has 2 rings (SSSR count). The van der Waals surface area contributed by atoms with E-state index in [-0.39, 0.29) is 5.82 Å². The molecule has 1 N–H and O–H groups in total. The number of rotatable bonds is 6. The van der Waals surface area contributed by atoms with Gasteiger partial charge in [0, 0.05) is 17.6 Å². The summed E-state index contributed by atoms with van der Waals surface area (Å²) in [6.45, 7) is 8.09. The summed E-state index contributed by atoms with van der Waals surface area (Å²) in [6, 6.07) is 3.02. The summed E-state index contributed by atoms with van der Waals surface area (Å²) in [4.78, 5) is 9.91. The van der Waals surface area contributed by atoms with E-state index in [9.17, 15) is 4.39 Å². The smallest absolute Gasteiger partial charge is 0.151 e. The zero-order valence-corrected chi connectivity index (χ0v) is 12.9. The lowest BCUT2D eigenvalue weighted by Crippen LogP contribution is -2.12. The molecule has 0 aliphatic rings. The predicted molar refractivity (Wildman–Crippen MR) is 81.2 cm³/mol. The molecule has 2 heterocycles. The van der Waals surface area contributed by atoms with Crippen LogP contribution in [0.5, 0.6) is 0 Å². The van der Waals surface area contributed by atoms with Crippen LogP contribution >= 0.6 is 11.3 Å². The Bertz CT molecular complexity index is 566. The molecule has 0 bridgehead atoms. The molecule has 0 aliphatic carbocycles. The zero-order valence-electron chi connectivity index (χ0n) is 12.1. The molecular formula is C15H20FN3S. The van der Waals surface area contributed by atoms with Crippen molar-refractivity contribution in [2.45, 2.75) is 33.7 Å². The van der Waals surface area contributed by atoms with Crippen molar-refractivity contribution >= 4 is 11.3 Å². The highest BCUT2D eigenvalue weighted by Gasteiger charge is 2.16. The summed E-state index contributed by atoms with van der Waals surface area (Å²) in [5.41, 5.74) is 1.41. The lowest BCUT2D eigenvalue weighted by atomic mass is 10.1. The van der Waals surface area contributed by atoms with Gasteiger partial charge in [-0.3, -0.25) is 4.98 Å². The van der Waals surface area contributed by atoms with E-state index >= 15 is 0 Å². The molecule has 0 fully saturated rings. The van der Waals surface area contributed by atoms with E-state index < -0.39 is 0 Å². The monoisotopic (exact) mass is 293 g/mol. The lowest BCUT2D eigenvalue weighted by molar-refractivity contribution is 0.622. The molecular weight excluding hydrogens is 273 g/mol. The molecule has 0 atom stereocenters. The van der Waals surface area contributed by atoms with Crippen molar-refractivity contribution in [3.8, 4) is 10.7 Å². The van der Waals surface area contributed by atoms with Crippen LogP contribution in [0, 0.1) is 11.7 Å². The summed E-state index contributed by atoms with van der Waals surface area (Å²) >= 11 is 1.53. The Labute approximate surface area is 123 Å². The summed E-state index contributed by atoms with van der Waals surface area (Å²) in [6.07, 6.45) is 2.51. The summed E-state index contributed by atoms with van der Waals surface area (Å²) in [5.74, 6) is 0.214. The van der Waals surface area contributed by atoms with Gasteiger partial charge in [-0.1, -0.05) is 20.8 Å². The first-order chi connectivity index (χ1) is 9.61. The fraction of sp³-hybridized carbons (Fsp3) is 0.467. The first kappa shape index (κ1) is 15.1. The van der Waals surface area contributed by atoms with Gasteiger partial charge in [0.05, 0.1) is 5.69 Å². The van der Waals surface area contributed by atoms with Crippen LogP contribution in [0.1, 0.15) is 31.3 Å². The first-order valence-corrected chi connectivity index (χ1v) is 7.73. The Kier molecular flexibility index (Phi) is 5.20. The average molecular weight is 293 g/mol. The second-order valence-corrected chi connectivity index (χ2v) is 6.18. The molecule has 2 aromatic heterocycles. The Balaban J connectivity index is 2.35. The lowest BCUT2D eigenvalue weighted by Gasteiger charge is -2.04. The molecule has 0 unspecified atom stereocenters. The van der Waals surface area contributed by atoms with Crippen LogP contribution < -0.4 is 5.32 Å². The highest BCUT2D eigenvalue weighted by Crippen LogP contribution is 2.29. The molecule has 2 aromatic rings. The topological polar surface area (TPSA) is 37.8 Å². The fourth-order valence-corrected chi connectivity index (χ4v) is 3.01. The number of thiazole rings is 1. The van der Waals surface area contributed by atoms with Crippen molar-refractivity contribution in [1.82, 2.24) is 15.3 Å². The van der Waals surface area contributed by atoms with Crippen LogP contribution in [0.2, 0.25) is 0 Å². The van der Waals surface area contributed by atoms with Crippen molar-refractivity contribution in [2.24, 2.45) is 5.92 Å². The number of hydrogen-bond acceptors (Lipinski definition) is 4. The van der Waals surface area contributed by atoms with Gasteiger partial charge in [0.2, 0.25) is 0 Å². The largest absolute Gasteiger partial charge is 0.312 e. The minimum Gasteiger partial charge on any atom is -0.312 e. The summed E-state index contributed by atoms with van der Waals surface area (Å²) in [5, 5.41) is 3.99. The zero-order chi connectivity index (χ0) is 14.5. The van der Waals surface area contributed by atoms with Gasteiger partial charge < -0.3 is 5.32 Å². The van der Waals surface area contributed by atoms with E-state index in [1.807, 2.05) is 0 Å². The number of hydrogen-bond donors (Lipinski definition) is 1. The van der Waals surface area contributed by atoms with Crippen molar-refractivity contribution in [3.63, 3.8) is 0 Å². The number of nitrogens with zero attached hydrogens (tertiary/aromatic N) is 2. The van der Waals surface area contributed by atoms with Gasteiger partial charge in [-0.2, -0.15) is 0 Å². The van der Waals surface area contributed by atoms with Gasteiger partial charge in [-0.25, -0.2) is 9.37 Å². The number of pyridine rings is 1. The van der Waals surface area contributed by atoms with E-state index in [0.717, 1.165) is 25.2 Å². The van der Waals surface area contributed by atoms with Gasteiger partial charge in [0.1, 0.15) is 10.7 Å². The van der Waals surface area contributed by atoms with Crippen molar-refractivity contribution in [3.05, 3.63) is 34.7 Å². The average Bonchev–Trinajstić information content (AvgIpc) is 2.79. The molecule has 3 nitrogen and oxygen atoms in total. The van der Waals surface area contributed by atoms with Crippen LogP contribution in [0.4, 0.5) is 4.39 Å². The molecule has 0 spiro atoms. The Morgan fingerprint density at radius 1 is 1.40 bits per heavy atom. The van der Waals surface area contributed by atoms with Crippen LogP contribution in [0.15, 0.2) is 18.3 Å². The maximum Gasteiger partial charge on any atom is 0.151 e. The Hall–Kier alpha value is -1.33. The number of halogens is 1. The van der Waals surface area contributed by atoms with Gasteiger partial charge in [-0.05, 0) is 31.0 Å². The Morgan fingerprint density at radius 2 is 2.20 bits per heavy atom. The Morgan fingerprint density at radius 3 is 2.85 bits per heavy atom. The molecule has 0 radical (unpaired) electrons. The van der Waals surface area contributed by atoms with Gasteiger partial charge >= 0.3 is 0 Å². The number of aromatic nitrogens is 2. The fourth-order valence-electron chi connectivity index (χ4n) is 1.95. The second-order valence-electron chi connectivity index (χ2n) is 5.10. The highest BCUT2D eigenvalue weighted by atomic mass is 32.1. The summed E-state index contributed by atoms with van der Waals surface area (Å²) in [7, 11) is 0. The molecule has 0 aliphatic heterocycles. The predicted octanol–water partition coefficient (Wildman–Crippen LogP) is 3.65. The maximum absolute atomic E-state index is 13.8. The van der Waals surface area contributed by atoms with Crippen LogP contribution in [-0.2, 0) is 13.0 Å². The van der Waals surface area contributed by atoms with Crippen LogP contribution in [0.25, 0.3) is 10.7 Å². The van der Waals surface area contributed by atoms with Gasteiger partial charge in [0.15, 0.2) is 5.82 Å². The first-order valence-electron chi connectivity index (χ1n) is 6.92. The summed E-state index contributed by atoms with van der Waals surface area (Å²) < 4.78 is 13.8. The molecule has 0 amide bonds. The maximum atomic E-state index is 13.8. The van der Waals surface area contributed by atoms with Crippen molar-refractivity contribution in [2.75, 3.05) is 6.54 Å². The van der Waals surface area contributed by atoms with E-state index in [4.69, 9.17) is 0 Å².